The van der Waals surface area contributed by atoms with Gasteiger partial charge in [0.15, 0.2) is 0 Å². The molecular formula is C17H17BrN2O4S. The summed E-state index contributed by atoms with van der Waals surface area (Å²) in [6.45, 7) is 1.86. The van der Waals surface area contributed by atoms with Crippen LogP contribution in [0.2, 0.25) is 0 Å². The second-order valence-corrected chi connectivity index (χ2v) is 8.86. The van der Waals surface area contributed by atoms with Gasteiger partial charge in [-0.3, -0.25) is 4.31 Å². The number of benzene rings is 2. The van der Waals surface area contributed by atoms with Gasteiger partial charge < -0.3 is 10.8 Å². The van der Waals surface area contributed by atoms with Gasteiger partial charge in [-0.1, -0.05) is 39.7 Å². The molecular weight excluding hydrogens is 408 g/mol. The maximum Gasteiger partial charge on any atom is 0.328 e. The Kier molecular flexibility index (Phi) is 4.38. The van der Waals surface area contributed by atoms with Crippen LogP contribution in [-0.2, 0) is 20.4 Å². The molecule has 25 heavy (non-hydrogen) atoms. The lowest BCUT2D eigenvalue weighted by molar-refractivity contribution is -0.144. The molecule has 1 unspecified atom stereocenters. The molecule has 2 aromatic rings. The fraction of sp³-hybridized carbons (Fsp3) is 0.235. The standard InChI is InChI=1S/C17H17BrN2O4S/c1-11-2-5-13(6-3-11)25(23,24)20-9-8-17(19,16(21)22)14-7-4-12(18)10-15(14)20/h2-7,10H,8-9,19H2,1H3,(H,21,22). The molecule has 0 amide bonds. The van der Waals surface area contributed by atoms with Crippen LogP contribution in [0.5, 0.6) is 0 Å². The second-order valence-electron chi connectivity index (χ2n) is 6.08. The van der Waals surface area contributed by atoms with Crippen molar-refractivity contribution < 1.29 is 18.3 Å². The van der Waals surface area contributed by atoms with Gasteiger partial charge in [-0.15, -0.1) is 0 Å². The van der Waals surface area contributed by atoms with Gasteiger partial charge in [-0.2, -0.15) is 0 Å². The molecule has 0 aromatic heterocycles. The van der Waals surface area contributed by atoms with E-state index in [1.165, 1.54) is 4.31 Å². The molecule has 132 valence electrons. The van der Waals surface area contributed by atoms with Crippen molar-refractivity contribution in [1.29, 1.82) is 0 Å². The van der Waals surface area contributed by atoms with Crippen LogP contribution >= 0.6 is 15.9 Å². The Bertz CT molecular complexity index is 944. The van der Waals surface area contributed by atoms with Crippen LogP contribution in [0.4, 0.5) is 5.69 Å². The average molecular weight is 425 g/mol. The molecule has 8 heteroatoms. The molecule has 2 aromatic carbocycles. The smallest absolute Gasteiger partial charge is 0.328 e. The van der Waals surface area contributed by atoms with Gasteiger partial charge >= 0.3 is 5.97 Å². The third-order valence-electron chi connectivity index (χ3n) is 4.41. The minimum absolute atomic E-state index is 0.0114. The maximum absolute atomic E-state index is 13.1. The van der Waals surface area contributed by atoms with E-state index < -0.39 is 21.5 Å². The summed E-state index contributed by atoms with van der Waals surface area (Å²) in [4.78, 5) is 11.8. The number of fused-ring (bicyclic) bond motifs is 1. The van der Waals surface area contributed by atoms with Crippen LogP contribution in [0, 0.1) is 6.92 Å². The van der Waals surface area contributed by atoms with Crippen LogP contribution < -0.4 is 10.0 Å². The van der Waals surface area contributed by atoms with E-state index >= 15 is 0 Å². The fourth-order valence-electron chi connectivity index (χ4n) is 2.93. The second kappa shape index (κ2) is 6.12. The molecule has 1 aliphatic rings. The minimum Gasteiger partial charge on any atom is -0.480 e. The molecule has 0 aliphatic carbocycles. The van der Waals surface area contributed by atoms with Crippen molar-refractivity contribution in [3.63, 3.8) is 0 Å². The minimum atomic E-state index is -3.82. The van der Waals surface area contributed by atoms with E-state index in [2.05, 4.69) is 15.9 Å². The number of aryl methyl sites for hydroxylation is 1. The number of hydrogen-bond acceptors (Lipinski definition) is 4. The molecule has 1 atom stereocenters. The van der Waals surface area contributed by atoms with Gasteiger partial charge in [0.05, 0.1) is 10.6 Å². The summed E-state index contributed by atoms with van der Waals surface area (Å²) >= 11 is 3.32. The first-order chi connectivity index (χ1) is 11.7. The van der Waals surface area contributed by atoms with E-state index in [-0.39, 0.29) is 29.1 Å². The molecule has 3 rings (SSSR count). The Morgan fingerprint density at radius 2 is 1.88 bits per heavy atom. The number of halogens is 1. The monoisotopic (exact) mass is 424 g/mol. The number of nitrogens with zero attached hydrogens (tertiary/aromatic N) is 1. The lowest BCUT2D eigenvalue weighted by Gasteiger charge is -2.38. The van der Waals surface area contributed by atoms with E-state index in [1.807, 2.05) is 6.92 Å². The molecule has 1 heterocycles. The number of rotatable bonds is 3. The number of aliphatic carboxylic acids is 1. The molecule has 6 nitrogen and oxygen atoms in total. The van der Waals surface area contributed by atoms with Gasteiger partial charge in [0, 0.05) is 16.6 Å². The normalized spacial score (nSPS) is 20.2. The summed E-state index contributed by atoms with van der Waals surface area (Å²) in [5.74, 6) is -1.18. The number of sulfonamides is 1. The van der Waals surface area contributed by atoms with Gasteiger partial charge in [-0.05, 0) is 37.6 Å². The van der Waals surface area contributed by atoms with Crippen LogP contribution in [0.3, 0.4) is 0 Å². The predicted octanol–water partition coefficient (Wildman–Crippen LogP) is 2.60. The van der Waals surface area contributed by atoms with Gasteiger partial charge in [0.1, 0.15) is 5.54 Å². The largest absolute Gasteiger partial charge is 0.480 e. The van der Waals surface area contributed by atoms with E-state index in [0.29, 0.717) is 4.47 Å². The summed E-state index contributed by atoms with van der Waals surface area (Å²) in [5, 5.41) is 9.55. The number of nitrogens with two attached hydrogens (primary N) is 1. The van der Waals surface area contributed by atoms with Crippen LogP contribution in [0.1, 0.15) is 17.5 Å². The van der Waals surface area contributed by atoms with Crippen LogP contribution in [0.15, 0.2) is 51.8 Å². The van der Waals surface area contributed by atoms with E-state index in [9.17, 15) is 18.3 Å². The Morgan fingerprint density at radius 1 is 1.24 bits per heavy atom. The molecule has 0 fully saturated rings. The zero-order valence-corrected chi connectivity index (χ0v) is 15.8. The Hall–Kier alpha value is -1.90. The topological polar surface area (TPSA) is 101 Å². The SMILES string of the molecule is Cc1ccc(S(=O)(=O)N2CCC(N)(C(=O)O)c3ccc(Br)cc32)cc1. The van der Waals surface area contributed by atoms with Gasteiger partial charge in [0.2, 0.25) is 0 Å². The van der Waals surface area contributed by atoms with Crippen molar-refractivity contribution in [2.75, 3.05) is 10.8 Å². The molecule has 0 bridgehead atoms. The van der Waals surface area contributed by atoms with Crippen molar-refractivity contribution >= 4 is 37.6 Å². The van der Waals surface area contributed by atoms with Crippen LogP contribution in [0.25, 0.3) is 0 Å². The molecule has 3 N–H and O–H groups in total. The van der Waals surface area contributed by atoms with Crippen molar-refractivity contribution in [1.82, 2.24) is 0 Å². The lowest BCUT2D eigenvalue weighted by atomic mass is 9.84. The third-order valence-corrected chi connectivity index (χ3v) is 6.73. The fourth-order valence-corrected chi connectivity index (χ4v) is 4.76. The molecule has 1 aliphatic heterocycles. The lowest BCUT2D eigenvalue weighted by Crippen LogP contribution is -2.52. The number of carbonyl (C=O) groups is 1. The first-order valence-electron chi connectivity index (χ1n) is 7.58. The first-order valence-corrected chi connectivity index (χ1v) is 9.81. The average Bonchev–Trinajstić information content (AvgIpc) is 2.55. The van der Waals surface area contributed by atoms with Crippen molar-refractivity contribution in [3.05, 3.63) is 58.1 Å². The van der Waals surface area contributed by atoms with E-state index in [4.69, 9.17) is 5.73 Å². The van der Waals surface area contributed by atoms with Crippen LogP contribution in [-0.4, -0.2) is 26.0 Å². The van der Waals surface area contributed by atoms with Crippen molar-refractivity contribution in [3.8, 4) is 0 Å². The number of hydrogen-bond donors (Lipinski definition) is 2. The maximum atomic E-state index is 13.1. The zero-order chi connectivity index (χ0) is 18.4. The molecule has 0 saturated carbocycles. The first kappa shape index (κ1) is 17.9. The quantitative estimate of drug-likeness (QED) is 0.788. The van der Waals surface area contributed by atoms with E-state index in [1.54, 1.807) is 42.5 Å². The molecule has 0 spiro atoms. The number of anilines is 1. The number of carboxylic acid groups (broad SMARTS) is 1. The Balaban J connectivity index is 2.17. The molecule has 0 saturated heterocycles. The Morgan fingerprint density at radius 3 is 2.48 bits per heavy atom. The Labute approximate surface area is 154 Å². The zero-order valence-electron chi connectivity index (χ0n) is 13.4. The predicted molar refractivity (Wildman–Crippen MR) is 98.0 cm³/mol. The van der Waals surface area contributed by atoms with Gasteiger partial charge in [0.25, 0.3) is 10.0 Å². The highest BCUT2D eigenvalue weighted by atomic mass is 79.9. The highest BCUT2D eigenvalue weighted by Gasteiger charge is 2.45. The summed E-state index contributed by atoms with van der Waals surface area (Å²) in [5.41, 5.74) is 5.99. The summed E-state index contributed by atoms with van der Waals surface area (Å²) in [6.07, 6.45) is -0.0118. The highest BCUT2D eigenvalue weighted by Crippen LogP contribution is 2.41. The summed E-state index contributed by atoms with van der Waals surface area (Å²) < 4.78 is 28.0. The van der Waals surface area contributed by atoms with Gasteiger partial charge in [-0.25, -0.2) is 13.2 Å². The third kappa shape index (κ3) is 2.94. The summed E-state index contributed by atoms with van der Waals surface area (Å²) in [7, 11) is -3.82. The van der Waals surface area contributed by atoms with E-state index in [0.717, 1.165) is 5.56 Å². The van der Waals surface area contributed by atoms with Crippen molar-refractivity contribution in [2.45, 2.75) is 23.8 Å². The summed E-state index contributed by atoms with van der Waals surface area (Å²) in [6, 6.07) is 11.3. The van der Waals surface area contributed by atoms with Crippen molar-refractivity contribution in [2.24, 2.45) is 5.73 Å². The highest BCUT2D eigenvalue weighted by molar-refractivity contribution is 9.10. The molecule has 0 radical (unpaired) electrons. The number of carboxylic acids is 1.